The summed E-state index contributed by atoms with van der Waals surface area (Å²) in [6.45, 7) is 4.53. The molecule has 5 heteroatoms. The zero-order valence-corrected chi connectivity index (χ0v) is 9.64. The maximum absolute atomic E-state index is 11.5. The van der Waals surface area contributed by atoms with Crippen molar-refractivity contribution in [2.45, 2.75) is 20.4 Å². The molecular weight excluding hydrogens is 222 g/mol. The van der Waals surface area contributed by atoms with E-state index in [1.54, 1.807) is 0 Å². The summed E-state index contributed by atoms with van der Waals surface area (Å²) in [5, 5.41) is 9.32. The minimum Gasteiger partial charge on any atom is -0.478 e. The summed E-state index contributed by atoms with van der Waals surface area (Å²) in [6, 6.07) is 4.35. The van der Waals surface area contributed by atoms with Gasteiger partial charge in [-0.3, -0.25) is 0 Å². The van der Waals surface area contributed by atoms with E-state index in [2.05, 4.69) is 0 Å². The molecule has 1 N–H and O–H groups in total. The Balaban J connectivity index is 2.64. The fourth-order valence-electron chi connectivity index (χ4n) is 1.71. The van der Waals surface area contributed by atoms with Gasteiger partial charge in [0.1, 0.15) is 0 Å². The Morgan fingerprint density at radius 2 is 2.18 bits per heavy atom. The molecule has 0 aliphatic carbocycles. The van der Waals surface area contributed by atoms with Crippen molar-refractivity contribution in [2.75, 3.05) is 0 Å². The third-order valence-corrected chi connectivity index (χ3v) is 2.46. The highest BCUT2D eigenvalue weighted by Crippen LogP contribution is 2.15. The first-order valence-corrected chi connectivity index (χ1v) is 5.36. The Bertz CT molecular complexity index is 621. The molecule has 0 radical (unpaired) electrons. The summed E-state index contributed by atoms with van der Waals surface area (Å²) in [7, 11) is 0. The van der Waals surface area contributed by atoms with Gasteiger partial charge in [-0.15, -0.1) is 0 Å². The van der Waals surface area contributed by atoms with Gasteiger partial charge in [0, 0.05) is 0 Å². The van der Waals surface area contributed by atoms with Gasteiger partial charge in [-0.1, -0.05) is 13.8 Å². The van der Waals surface area contributed by atoms with Gasteiger partial charge < -0.3 is 9.63 Å². The van der Waals surface area contributed by atoms with Crippen molar-refractivity contribution in [3.8, 4) is 0 Å². The second-order valence-corrected chi connectivity index (χ2v) is 4.37. The SMILES string of the molecule is CC(C)Cn1oc(=O)c2ccc(C(=O)O)cc21. The molecule has 0 unspecified atom stereocenters. The van der Waals surface area contributed by atoms with Crippen LogP contribution in [0.5, 0.6) is 0 Å². The number of aromatic nitrogens is 1. The van der Waals surface area contributed by atoms with E-state index >= 15 is 0 Å². The molecule has 0 amide bonds. The second-order valence-electron chi connectivity index (χ2n) is 4.37. The molecule has 0 saturated heterocycles. The van der Waals surface area contributed by atoms with Crippen LogP contribution < -0.4 is 5.63 Å². The van der Waals surface area contributed by atoms with Gasteiger partial charge in [-0.25, -0.2) is 14.3 Å². The largest absolute Gasteiger partial charge is 0.478 e. The van der Waals surface area contributed by atoms with E-state index in [4.69, 9.17) is 9.63 Å². The Kier molecular flexibility index (Phi) is 2.75. The average molecular weight is 235 g/mol. The molecule has 1 aromatic carbocycles. The molecule has 1 aromatic heterocycles. The van der Waals surface area contributed by atoms with Crippen LogP contribution in [0.15, 0.2) is 27.5 Å². The highest BCUT2D eigenvalue weighted by molar-refractivity contribution is 5.92. The predicted octanol–water partition coefficient (Wildman–Crippen LogP) is 1.95. The fraction of sp³-hybridized carbons (Fsp3) is 0.333. The van der Waals surface area contributed by atoms with Gasteiger partial charge in [-0.05, 0) is 24.1 Å². The Labute approximate surface area is 97.2 Å². The molecule has 90 valence electrons. The standard InChI is InChI=1S/C12H13NO4/c1-7(2)6-13-10-5-8(11(14)15)3-4-9(10)12(16)17-13/h3-5,7H,6H2,1-2H3,(H,14,15). The van der Waals surface area contributed by atoms with Crippen LogP contribution in [-0.2, 0) is 6.54 Å². The van der Waals surface area contributed by atoms with Crippen LogP contribution in [0.1, 0.15) is 24.2 Å². The molecule has 0 fully saturated rings. The van der Waals surface area contributed by atoms with Crippen molar-refractivity contribution in [1.29, 1.82) is 0 Å². The second kappa shape index (κ2) is 4.08. The number of carboxylic acid groups (broad SMARTS) is 1. The minimum absolute atomic E-state index is 0.149. The van der Waals surface area contributed by atoms with Gasteiger partial charge in [0.15, 0.2) is 0 Å². The quantitative estimate of drug-likeness (QED) is 0.882. The first-order valence-electron chi connectivity index (χ1n) is 5.36. The van der Waals surface area contributed by atoms with E-state index in [9.17, 15) is 9.59 Å². The summed E-state index contributed by atoms with van der Waals surface area (Å²) in [4.78, 5) is 22.4. The third-order valence-electron chi connectivity index (χ3n) is 2.46. The molecule has 0 saturated carbocycles. The smallest absolute Gasteiger partial charge is 0.365 e. The molecule has 0 atom stereocenters. The van der Waals surface area contributed by atoms with Crippen LogP contribution in [-0.4, -0.2) is 15.8 Å². The molecule has 0 aliphatic heterocycles. The molecule has 0 aliphatic rings. The summed E-state index contributed by atoms with van der Waals surface area (Å²) in [5.41, 5.74) is 0.247. The van der Waals surface area contributed by atoms with Gasteiger partial charge in [0.25, 0.3) is 0 Å². The third kappa shape index (κ3) is 2.08. The summed E-state index contributed by atoms with van der Waals surface area (Å²) < 4.78 is 6.53. The van der Waals surface area contributed by atoms with Crippen LogP contribution in [0.2, 0.25) is 0 Å². The average Bonchev–Trinajstić information content (AvgIpc) is 2.54. The summed E-state index contributed by atoms with van der Waals surface area (Å²) in [5.74, 6) is -0.709. The van der Waals surface area contributed by atoms with Crippen molar-refractivity contribution in [2.24, 2.45) is 5.92 Å². The van der Waals surface area contributed by atoms with Crippen LogP contribution in [0, 0.1) is 5.92 Å². The van der Waals surface area contributed by atoms with Crippen molar-refractivity contribution in [3.63, 3.8) is 0 Å². The monoisotopic (exact) mass is 235 g/mol. The first-order chi connectivity index (χ1) is 7.99. The number of carboxylic acids is 1. The van der Waals surface area contributed by atoms with Gasteiger partial charge in [0.05, 0.1) is 23.0 Å². The van der Waals surface area contributed by atoms with Crippen molar-refractivity contribution in [3.05, 3.63) is 34.2 Å². The molecule has 0 bridgehead atoms. The number of carbonyl (C=O) groups is 1. The highest BCUT2D eigenvalue weighted by Gasteiger charge is 2.12. The van der Waals surface area contributed by atoms with Gasteiger partial charge in [0.2, 0.25) is 0 Å². The number of aromatic carboxylic acids is 1. The lowest BCUT2D eigenvalue weighted by atomic mass is 10.1. The number of hydrogen-bond donors (Lipinski definition) is 1. The van der Waals surface area contributed by atoms with Crippen LogP contribution in [0.3, 0.4) is 0 Å². The number of benzene rings is 1. The summed E-state index contributed by atoms with van der Waals surface area (Å²) >= 11 is 0. The predicted molar refractivity (Wildman–Crippen MR) is 62.3 cm³/mol. The van der Waals surface area contributed by atoms with Crippen molar-refractivity contribution >= 4 is 16.9 Å². The van der Waals surface area contributed by atoms with E-state index in [0.29, 0.717) is 23.4 Å². The summed E-state index contributed by atoms with van der Waals surface area (Å²) in [6.07, 6.45) is 0. The Morgan fingerprint density at radius 3 is 2.76 bits per heavy atom. The number of hydrogen-bond acceptors (Lipinski definition) is 3. The van der Waals surface area contributed by atoms with Crippen LogP contribution in [0.25, 0.3) is 10.9 Å². The molecule has 1 heterocycles. The van der Waals surface area contributed by atoms with Gasteiger partial charge >= 0.3 is 11.6 Å². The number of rotatable bonds is 3. The van der Waals surface area contributed by atoms with Crippen LogP contribution in [0.4, 0.5) is 0 Å². The Morgan fingerprint density at radius 1 is 1.47 bits per heavy atom. The fourth-order valence-corrected chi connectivity index (χ4v) is 1.71. The van der Waals surface area contributed by atoms with E-state index in [1.165, 1.54) is 22.9 Å². The first kappa shape index (κ1) is 11.4. The van der Waals surface area contributed by atoms with Crippen LogP contribution >= 0.6 is 0 Å². The molecule has 17 heavy (non-hydrogen) atoms. The van der Waals surface area contributed by atoms with Crippen molar-refractivity contribution in [1.82, 2.24) is 4.74 Å². The maximum Gasteiger partial charge on any atom is 0.365 e. The molecule has 0 spiro atoms. The molecular formula is C12H13NO4. The zero-order valence-electron chi connectivity index (χ0n) is 9.64. The van der Waals surface area contributed by atoms with E-state index in [1.807, 2.05) is 13.8 Å². The molecule has 2 aromatic rings. The van der Waals surface area contributed by atoms with Gasteiger partial charge in [-0.2, -0.15) is 0 Å². The molecule has 2 rings (SSSR count). The van der Waals surface area contributed by atoms with Crippen molar-refractivity contribution < 1.29 is 14.4 Å². The maximum atomic E-state index is 11.5. The Hall–Kier alpha value is -2.04. The highest BCUT2D eigenvalue weighted by atomic mass is 16.5. The topological polar surface area (TPSA) is 72.4 Å². The van der Waals surface area contributed by atoms with E-state index < -0.39 is 11.6 Å². The molecule has 5 nitrogen and oxygen atoms in total. The van der Waals surface area contributed by atoms with E-state index in [-0.39, 0.29) is 5.56 Å². The van der Waals surface area contributed by atoms with E-state index in [0.717, 1.165) is 0 Å². The minimum atomic E-state index is -1.02. The number of fused-ring (bicyclic) bond motifs is 1. The lowest BCUT2D eigenvalue weighted by Crippen LogP contribution is -2.04. The normalized spacial score (nSPS) is 11.2. The lowest BCUT2D eigenvalue weighted by Gasteiger charge is -2.05. The lowest BCUT2D eigenvalue weighted by molar-refractivity contribution is 0.0697. The number of nitrogens with zero attached hydrogens (tertiary/aromatic N) is 1. The zero-order chi connectivity index (χ0) is 12.6.